The second kappa shape index (κ2) is 5.44. The smallest absolute Gasteiger partial charge is 0.314 e. The van der Waals surface area contributed by atoms with Gasteiger partial charge in [0.25, 0.3) is 0 Å². The molecular weight excluding hydrogens is 256 g/mol. The fraction of sp³-hybridized carbons (Fsp3) is 0.833. The van der Waals surface area contributed by atoms with Crippen LogP contribution in [-0.4, -0.2) is 49.9 Å². The molecular formula is C12H18O7. The highest BCUT2D eigenvalue weighted by molar-refractivity contribution is 5.76. The molecule has 2 heterocycles. The number of hydrogen-bond donors (Lipinski definition) is 1. The number of fused-ring (bicyclic) bond motifs is 1. The Balaban J connectivity index is 2.32. The summed E-state index contributed by atoms with van der Waals surface area (Å²) in [6, 6.07) is 0. The first-order valence-electron chi connectivity index (χ1n) is 6.13. The summed E-state index contributed by atoms with van der Waals surface area (Å²) in [5.41, 5.74) is 0. The molecule has 0 aromatic carbocycles. The third-order valence-corrected chi connectivity index (χ3v) is 3.82. The Morgan fingerprint density at radius 3 is 2.68 bits per heavy atom. The minimum absolute atomic E-state index is 0.0368. The van der Waals surface area contributed by atoms with Crippen LogP contribution in [0.3, 0.4) is 0 Å². The van der Waals surface area contributed by atoms with E-state index >= 15 is 0 Å². The van der Waals surface area contributed by atoms with E-state index in [2.05, 4.69) is 0 Å². The molecule has 2 fully saturated rings. The number of carbonyl (C=O) groups excluding carboxylic acids is 2. The Kier molecular flexibility index (Phi) is 4.07. The van der Waals surface area contributed by atoms with Crippen LogP contribution in [0.1, 0.15) is 13.3 Å². The van der Waals surface area contributed by atoms with E-state index in [0.717, 1.165) is 0 Å². The molecule has 0 bridgehead atoms. The first-order chi connectivity index (χ1) is 8.99. The van der Waals surface area contributed by atoms with Crippen molar-refractivity contribution in [1.82, 2.24) is 0 Å². The monoisotopic (exact) mass is 274 g/mol. The van der Waals surface area contributed by atoms with Gasteiger partial charge in [-0.05, 0) is 12.8 Å². The molecule has 6 unspecified atom stereocenters. The molecule has 2 saturated heterocycles. The summed E-state index contributed by atoms with van der Waals surface area (Å²) >= 11 is 0. The Hall–Kier alpha value is -1.18. The summed E-state index contributed by atoms with van der Waals surface area (Å²) in [5, 5.41) is 9.99. The molecule has 0 aliphatic carbocycles. The van der Waals surface area contributed by atoms with Crippen molar-refractivity contribution in [1.29, 1.82) is 0 Å². The lowest BCUT2D eigenvalue weighted by atomic mass is 9.72. The van der Waals surface area contributed by atoms with Crippen molar-refractivity contribution in [2.75, 3.05) is 14.2 Å². The van der Waals surface area contributed by atoms with E-state index < -0.39 is 48.4 Å². The van der Waals surface area contributed by atoms with Crippen LogP contribution in [0, 0.1) is 17.8 Å². The number of aliphatic hydroxyl groups excluding tert-OH is 1. The molecule has 0 saturated carbocycles. The van der Waals surface area contributed by atoms with Crippen molar-refractivity contribution in [3.8, 4) is 0 Å². The number of ether oxygens (including phenoxy) is 4. The van der Waals surface area contributed by atoms with Gasteiger partial charge in [-0.3, -0.25) is 9.59 Å². The van der Waals surface area contributed by atoms with Crippen molar-refractivity contribution >= 4 is 11.9 Å². The van der Waals surface area contributed by atoms with Crippen LogP contribution in [0.25, 0.3) is 0 Å². The van der Waals surface area contributed by atoms with Gasteiger partial charge < -0.3 is 24.1 Å². The van der Waals surface area contributed by atoms with E-state index in [-0.39, 0.29) is 6.42 Å². The maximum atomic E-state index is 11.9. The lowest BCUT2D eigenvalue weighted by molar-refractivity contribution is -0.315. The maximum absolute atomic E-state index is 11.9. The Morgan fingerprint density at radius 1 is 1.42 bits per heavy atom. The number of methoxy groups -OCH3 is 2. The molecule has 0 aromatic heterocycles. The van der Waals surface area contributed by atoms with Crippen molar-refractivity contribution < 1.29 is 33.6 Å². The van der Waals surface area contributed by atoms with Crippen LogP contribution >= 0.6 is 0 Å². The normalized spacial score (nSPS) is 42.2. The highest BCUT2D eigenvalue weighted by Gasteiger charge is 2.54. The largest absolute Gasteiger partial charge is 0.469 e. The van der Waals surface area contributed by atoms with Crippen molar-refractivity contribution in [3.05, 3.63) is 0 Å². The maximum Gasteiger partial charge on any atom is 0.314 e. The summed E-state index contributed by atoms with van der Waals surface area (Å²) in [4.78, 5) is 23.4. The van der Waals surface area contributed by atoms with Gasteiger partial charge in [-0.25, -0.2) is 0 Å². The van der Waals surface area contributed by atoms with Gasteiger partial charge in [-0.15, -0.1) is 0 Å². The van der Waals surface area contributed by atoms with Crippen LogP contribution in [0.15, 0.2) is 0 Å². The van der Waals surface area contributed by atoms with Crippen molar-refractivity contribution in [2.24, 2.45) is 17.8 Å². The third kappa shape index (κ3) is 2.45. The molecule has 2 aliphatic rings. The van der Waals surface area contributed by atoms with E-state index in [1.54, 1.807) is 6.92 Å². The van der Waals surface area contributed by atoms with Gasteiger partial charge in [0.05, 0.1) is 13.0 Å². The van der Waals surface area contributed by atoms with Crippen molar-refractivity contribution in [2.45, 2.75) is 32.0 Å². The molecule has 2 rings (SSSR count). The van der Waals surface area contributed by atoms with Crippen molar-refractivity contribution in [3.63, 3.8) is 0 Å². The molecule has 0 spiro atoms. The van der Waals surface area contributed by atoms with Gasteiger partial charge in [0.2, 0.25) is 0 Å². The quantitative estimate of drug-likeness (QED) is 0.689. The predicted octanol–water partition coefficient (Wildman–Crippen LogP) is -0.336. The number of rotatable bonds is 2. The molecule has 2 aliphatic heterocycles. The van der Waals surface area contributed by atoms with E-state index in [9.17, 15) is 14.7 Å². The Labute approximate surface area is 110 Å². The Bertz CT molecular complexity index is 369. The first kappa shape index (κ1) is 14.2. The number of cyclic esters (lactones) is 1. The zero-order valence-electron chi connectivity index (χ0n) is 11.1. The van der Waals surface area contributed by atoms with Gasteiger partial charge >= 0.3 is 11.9 Å². The highest BCUT2D eigenvalue weighted by atomic mass is 16.7. The van der Waals surface area contributed by atoms with Gasteiger partial charge in [0.15, 0.2) is 12.6 Å². The standard InChI is InChI=1S/C12H18O7/c1-5-8-6(4-7(13)18-5)9(10(14)16-2)12(17-3)19-11(8)15/h5-6,8-9,11-12,15H,4H2,1-3H3. The molecule has 1 N–H and O–H groups in total. The lowest BCUT2D eigenvalue weighted by Gasteiger charge is -2.47. The van der Waals surface area contributed by atoms with Crippen LogP contribution in [0.2, 0.25) is 0 Å². The van der Waals surface area contributed by atoms with Gasteiger partial charge in [0.1, 0.15) is 12.0 Å². The molecule has 6 atom stereocenters. The Morgan fingerprint density at radius 2 is 2.11 bits per heavy atom. The average molecular weight is 274 g/mol. The van der Waals surface area contributed by atoms with Crippen LogP contribution in [-0.2, 0) is 28.5 Å². The minimum atomic E-state index is -1.14. The number of hydrogen-bond acceptors (Lipinski definition) is 7. The predicted molar refractivity (Wildman–Crippen MR) is 60.5 cm³/mol. The lowest BCUT2D eigenvalue weighted by Crippen LogP contribution is -2.57. The zero-order valence-corrected chi connectivity index (χ0v) is 11.1. The topological polar surface area (TPSA) is 91.3 Å². The minimum Gasteiger partial charge on any atom is -0.469 e. The first-order valence-corrected chi connectivity index (χ1v) is 6.13. The molecule has 7 heteroatoms. The summed E-state index contributed by atoms with van der Waals surface area (Å²) in [6.45, 7) is 1.67. The number of aliphatic hydroxyl groups is 1. The SMILES string of the molecule is COC(=O)C1C(OC)OC(O)C2C(C)OC(=O)CC12. The van der Waals surface area contributed by atoms with E-state index in [4.69, 9.17) is 18.9 Å². The molecule has 19 heavy (non-hydrogen) atoms. The van der Waals surface area contributed by atoms with Gasteiger partial charge in [-0.1, -0.05) is 0 Å². The van der Waals surface area contributed by atoms with Gasteiger partial charge in [0, 0.05) is 13.5 Å². The van der Waals surface area contributed by atoms with E-state index in [1.165, 1.54) is 14.2 Å². The second-order valence-corrected chi connectivity index (χ2v) is 4.82. The van der Waals surface area contributed by atoms with Crippen LogP contribution in [0.5, 0.6) is 0 Å². The van der Waals surface area contributed by atoms with Crippen LogP contribution < -0.4 is 0 Å². The fourth-order valence-corrected chi connectivity index (χ4v) is 2.96. The van der Waals surface area contributed by atoms with Gasteiger partial charge in [-0.2, -0.15) is 0 Å². The fourth-order valence-electron chi connectivity index (χ4n) is 2.96. The van der Waals surface area contributed by atoms with E-state index in [1.807, 2.05) is 0 Å². The summed E-state index contributed by atoms with van der Waals surface area (Å²) in [7, 11) is 2.64. The number of esters is 2. The molecule has 0 amide bonds. The average Bonchev–Trinajstić information content (AvgIpc) is 2.36. The third-order valence-electron chi connectivity index (χ3n) is 3.82. The highest BCUT2D eigenvalue weighted by Crippen LogP contribution is 2.43. The second-order valence-electron chi connectivity index (χ2n) is 4.82. The number of carbonyl (C=O) groups is 2. The molecule has 0 aromatic rings. The van der Waals surface area contributed by atoms with Crippen LogP contribution in [0.4, 0.5) is 0 Å². The summed E-state index contributed by atoms with van der Waals surface area (Å²) in [6.07, 6.45) is -2.55. The molecule has 7 nitrogen and oxygen atoms in total. The summed E-state index contributed by atoms with van der Waals surface area (Å²) < 4.78 is 20.2. The summed E-state index contributed by atoms with van der Waals surface area (Å²) in [5.74, 6) is -2.55. The molecule has 0 radical (unpaired) electrons. The van der Waals surface area contributed by atoms with E-state index in [0.29, 0.717) is 0 Å². The zero-order chi connectivity index (χ0) is 14.2. The molecule has 108 valence electrons.